The second-order valence-electron chi connectivity index (χ2n) is 5.95. The fourth-order valence-corrected chi connectivity index (χ4v) is 3.01. The predicted molar refractivity (Wildman–Crippen MR) is 75.0 cm³/mol. The summed E-state index contributed by atoms with van der Waals surface area (Å²) in [4.78, 5) is 5.13. The zero-order valence-electron chi connectivity index (χ0n) is 12.2. The maximum absolute atomic E-state index is 5.94. The van der Waals surface area contributed by atoms with Crippen molar-refractivity contribution in [2.24, 2.45) is 0 Å². The number of morpholine rings is 1. The van der Waals surface area contributed by atoms with E-state index < -0.39 is 0 Å². The van der Waals surface area contributed by atoms with E-state index in [-0.39, 0.29) is 0 Å². The summed E-state index contributed by atoms with van der Waals surface area (Å²) in [7, 11) is 0. The molecule has 4 heteroatoms. The molecule has 18 heavy (non-hydrogen) atoms. The zero-order chi connectivity index (χ0) is 13.0. The van der Waals surface area contributed by atoms with Crippen LogP contribution in [0.2, 0.25) is 0 Å². The van der Waals surface area contributed by atoms with Gasteiger partial charge in [0.25, 0.3) is 0 Å². The molecule has 1 N–H and O–H groups in total. The Morgan fingerprint density at radius 2 is 1.83 bits per heavy atom. The van der Waals surface area contributed by atoms with Gasteiger partial charge >= 0.3 is 0 Å². The summed E-state index contributed by atoms with van der Waals surface area (Å²) in [6, 6.07) is 1.29. The Morgan fingerprint density at radius 3 is 2.50 bits per heavy atom. The van der Waals surface area contributed by atoms with Crippen LogP contribution in [0.3, 0.4) is 0 Å². The molecular formula is C14H29N3O. The monoisotopic (exact) mass is 255 g/mol. The van der Waals surface area contributed by atoms with Crippen LogP contribution in [0.25, 0.3) is 0 Å². The highest BCUT2D eigenvalue weighted by atomic mass is 16.5. The molecule has 0 aromatic rings. The third kappa shape index (κ3) is 3.92. The van der Waals surface area contributed by atoms with Crippen LogP contribution in [-0.2, 0) is 4.74 Å². The van der Waals surface area contributed by atoms with Crippen molar-refractivity contribution in [3.05, 3.63) is 0 Å². The maximum atomic E-state index is 5.94. The van der Waals surface area contributed by atoms with Crippen molar-refractivity contribution in [2.45, 2.75) is 45.4 Å². The molecule has 0 saturated carbocycles. The lowest BCUT2D eigenvalue weighted by Gasteiger charge is -2.39. The molecule has 0 spiro atoms. The van der Waals surface area contributed by atoms with E-state index in [1.54, 1.807) is 0 Å². The molecule has 2 aliphatic rings. The summed E-state index contributed by atoms with van der Waals surface area (Å²) < 4.78 is 5.94. The molecule has 2 rings (SSSR count). The summed E-state index contributed by atoms with van der Waals surface area (Å²) >= 11 is 0. The highest BCUT2D eigenvalue weighted by Crippen LogP contribution is 2.16. The van der Waals surface area contributed by atoms with Crippen LogP contribution < -0.4 is 5.32 Å². The Labute approximate surface area is 112 Å². The second-order valence-corrected chi connectivity index (χ2v) is 5.95. The fraction of sp³-hybridized carbons (Fsp3) is 1.00. The minimum Gasteiger partial charge on any atom is -0.375 e. The number of rotatable bonds is 4. The summed E-state index contributed by atoms with van der Waals surface area (Å²) in [6.07, 6.45) is 1.59. The first-order valence-electron chi connectivity index (χ1n) is 7.47. The van der Waals surface area contributed by atoms with E-state index in [1.807, 2.05) is 0 Å². The van der Waals surface area contributed by atoms with Gasteiger partial charge in [-0.25, -0.2) is 0 Å². The highest BCUT2D eigenvalue weighted by molar-refractivity contribution is 4.80. The van der Waals surface area contributed by atoms with Crippen molar-refractivity contribution in [2.75, 3.05) is 45.9 Å². The van der Waals surface area contributed by atoms with Crippen molar-refractivity contribution < 1.29 is 4.74 Å². The largest absolute Gasteiger partial charge is 0.375 e. The predicted octanol–water partition coefficient (Wildman–Crippen LogP) is 0.779. The molecule has 2 unspecified atom stereocenters. The fourth-order valence-electron chi connectivity index (χ4n) is 3.01. The molecule has 0 bridgehead atoms. The first-order valence-corrected chi connectivity index (χ1v) is 7.47. The van der Waals surface area contributed by atoms with Crippen LogP contribution in [0.4, 0.5) is 0 Å². The van der Waals surface area contributed by atoms with Crippen molar-refractivity contribution in [1.82, 2.24) is 15.1 Å². The van der Waals surface area contributed by atoms with Gasteiger partial charge in [0.1, 0.15) is 0 Å². The summed E-state index contributed by atoms with van der Waals surface area (Å²) in [6.45, 7) is 14.6. The van der Waals surface area contributed by atoms with Gasteiger partial charge in [-0.2, -0.15) is 0 Å². The van der Waals surface area contributed by atoms with E-state index >= 15 is 0 Å². The third-order valence-electron chi connectivity index (χ3n) is 4.28. The van der Waals surface area contributed by atoms with Crippen LogP contribution in [-0.4, -0.2) is 73.9 Å². The number of hydrogen-bond acceptors (Lipinski definition) is 4. The lowest BCUT2D eigenvalue weighted by atomic mass is 10.1. The molecule has 2 heterocycles. The van der Waals surface area contributed by atoms with Crippen molar-refractivity contribution >= 4 is 0 Å². The minimum absolute atomic E-state index is 0.422. The normalized spacial score (nSPS) is 29.7. The number of nitrogens with one attached hydrogen (secondary N) is 1. The Hall–Kier alpha value is -0.160. The average Bonchev–Trinajstić information content (AvgIpc) is 2.40. The Balaban J connectivity index is 1.77. The molecule has 2 aliphatic heterocycles. The van der Waals surface area contributed by atoms with Gasteiger partial charge in [-0.05, 0) is 27.2 Å². The van der Waals surface area contributed by atoms with Gasteiger partial charge in [0.2, 0.25) is 0 Å². The number of ether oxygens (including phenoxy) is 1. The Bertz CT molecular complexity index is 241. The van der Waals surface area contributed by atoms with E-state index in [9.17, 15) is 0 Å². The van der Waals surface area contributed by atoms with E-state index in [2.05, 4.69) is 35.9 Å². The lowest BCUT2D eigenvalue weighted by molar-refractivity contribution is -0.0519. The van der Waals surface area contributed by atoms with Gasteiger partial charge in [0, 0.05) is 51.4 Å². The SMILES string of the molecule is CC(C)N1CCOC(CC(C)N2CCNCC2)C1. The van der Waals surface area contributed by atoms with Crippen LogP contribution in [0, 0.1) is 0 Å². The van der Waals surface area contributed by atoms with Gasteiger partial charge in [-0.15, -0.1) is 0 Å². The molecule has 0 amide bonds. The molecule has 0 aromatic heterocycles. The van der Waals surface area contributed by atoms with Crippen molar-refractivity contribution in [1.29, 1.82) is 0 Å². The van der Waals surface area contributed by atoms with Gasteiger partial charge in [0.15, 0.2) is 0 Å². The van der Waals surface area contributed by atoms with Crippen LogP contribution in [0.5, 0.6) is 0 Å². The standard InChI is InChI=1S/C14H29N3O/c1-12(2)17-8-9-18-14(11-17)10-13(3)16-6-4-15-5-7-16/h12-15H,4-11H2,1-3H3. The van der Waals surface area contributed by atoms with Crippen molar-refractivity contribution in [3.8, 4) is 0 Å². The Kier molecular flexibility index (Phi) is 5.42. The number of nitrogens with zero attached hydrogens (tertiary/aromatic N) is 2. The summed E-state index contributed by atoms with van der Waals surface area (Å²) in [5.41, 5.74) is 0. The molecule has 2 saturated heterocycles. The van der Waals surface area contributed by atoms with Crippen LogP contribution >= 0.6 is 0 Å². The molecule has 0 radical (unpaired) electrons. The van der Waals surface area contributed by atoms with Gasteiger partial charge in [-0.1, -0.05) is 0 Å². The van der Waals surface area contributed by atoms with Gasteiger partial charge < -0.3 is 10.1 Å². The van der Waals surface area contributed by atoms with E-state index in [1.165, 1.54) is 19.5 Å². The van der Waals surface area contributed by atoms with E-state index in [0.717, 1.165) is 32.8 Å². The topological polar surface area (TPSA) is 27.7 Å². The average molecular weight is 255 g/mol. The minimum atomic E-state index is 0.422. The van der Waals surface area contributed by atoms with Gasteiger partial charge in [0.05, 0.1) is 12.7 Å². The number of hydrogen-bond donors (Lipinski definition) is 1. The smallest absolute Gasteiger partial charge is 0.0717 e. The molecular weight excluding hydrogens is 226 g/mol. The lowest BCUT2D eigenvalue weighted by Crippen LogP contribution is -2.51. The van der Waals surface area contributed by atoms with E-state index in [0.29, 0.717) is 18.2 Å². The summed E-state index contributed by atoms with van der Waals surface area (Å²) in [5.74, 6) is 0. The first kappa shape index (κ1) is 14.3. The molecule has 4 nitrogen and oxygen atoms in total. The zero-order valence-corrected chi connectivity index (χ0v) is 12.2. The van der Waals surface area contributed by atoms with Crippen LogP contribution in [0.15, 0.2) is 0 Å². The molecule has 106 valence electrons. The first-order chi connectivity index (χ1) is 8.66. The number of piperazine rings is 1. The van der Waals surface area contributed by atoms with Crippen molar-refractivity contribution in [3.63, 3.8) is 0 Å². The molecule has 0 aromatic carbocycles. The van der Waals surface area contributed by atoms with Crippen LogP contribution in [0.1, 0.15) is 27.2 Å². The quantitative estimate of drug-likeness (QED) is 0.803. The summed E-state index contributed by atoms with van der Waals surface area (Å²) in [5, 5.41) is 3.41. The highest BCUT2D eigenvalue weighted by Gasteiger charge is 2.26. The molecule has 2 atom stereocenters. The molecule has 0 aliphatic carbocycles. The third-order valence-corrected chi connectivity index (χ3v) is 4.28. The van der Waals surface area contributed by atoms with Gasteiger partial charge in [-0.3, -0.25) is 9.80 Å². The molecule has 2 fully saturated rings. The van der Waals surface area contributed by atoms with E-state index in [4.69, 9.17) is 4.74 Å². The maximum Gasteiger partial charge on any atom is 0.0717 e. The second kappa shape index (κ2) is 6.85. The Morgan fingerprint density at radius 1 is 1.11 bits per heavy atom.